The van der Waals surface area contributed by atoms with Crippen LogP contribution in [0.4, 0.5) is 0 Å². The number of nitrogens with zero attached hydrogens (tertiary/aromatic N) is 2. The quantitative estimate of drug-likeness (QED) is 0.761. The Morgan fingerprint density at radius 1 is 1.37 bits per heavy atom. The molecule has 1 rings (SSSR count). The van der Waals surface area contributed by atoms with Gasteiger partial charge in [0.2, 0.25) is 0 Å². The Hall–Kier alpha value is -0.870. The fraction of sp³-hybridized carbons (Fsp3) is 0.800. The standard InChI is InChI=1S/C15H29N3O/c1-12(2)14-16-8-10-18(14)9-6-7-15(5,11-19)17-13(3)4/h8,10,12-13,17,19H,6-7,9,11H2,1-5H3. The van der Waals surface area contributed by atoms with E-state index in [0.29, 0.717) is 12.0 Å². The molecule has 4 heteroatoms. The summed E-state index contributed by atoms with van der Waals surface area (Å²) in [6.07, 6.45) is 5.90. The van der Waals surface area contributed by atoms with Gasteiger partial charge in [-0.15, -0.1) is 0 Å². The highest BCUT2D eigenvalue weighted by Gasteiger charge is 2.23. The van der Waals surface area contributed by atoms with Crippen LogP contribution in [0.15, 0.2) is 12.4 Å². The first-order valence-electron chi connectivity index (χ1n) is 7.27. The van der Waals surface area contributed by atoms with E-state index >= 15 is 0 Å². The van der Waals surface area contributed by atoms with E-state index in [1.807, 2.05) is 12.4 Å². The zero-order valence-electron chi connectivity index (χ0n) is 13.0. The lowest BCUT2D eigenvalue weighted by molar-refractivity contribution is 0.153. The average Bonchev–Trinajstić information content (AvgIpc) is 2.76. The third-order valence-electron chi connectivity index (χ3n) is 3.38. The molecule has 1 heterocycles. The van der Waals surface area contributed by atoms with Crippen LogP contribution in [0, 0.1) is 0 Å². The Balaban J connectivity index is 2.50. The fourth-order valence-electron chi connectivity index (χ4n) is 2.54. The maximum absolute atomic E-state index is 9.55. The molecule has 0 saturated heterocycles. The van der Waals surface area contributed by atoms with Gasteiger partial charge in [-0.3, -0.25) is 0 Å². The van der Waals surface area contributed by atoms with E-state index in [1.165, 1.54) is 0 Å². The first-order valence-corrected chi connectivity index (χ1v) is 7.27. The van der Waals surface area contributed by atoms with Gasteiger partial charge < -0.3 is 15.0 Å². The molecule has 0 amide bonds. The number of hydrogen-bond acceptors (Lipinski definition) is 3. The van der Waals surface area contributed by atoms with Gasteiger partial charge >= 0.3 is 0 Å². The summed E-state index contributed by atoms with van der Waals surface area (Å²) in [4.78, 5) is 4.40. The summed E-state index contributed by atoms with van der Waals surface area (Å²) < 4.78 is 2.22. The Morgan fingerprint density at radius 2 is 2.05 bits per heavy atom. The lowest BCUT2D eigenvalue weighted by atomic mass is 9.95. The van der Waals surface area contributed by atoms with E-state index in [2.05, 4.69) is 49.5 Å². The summed E-state index contributed by atoms with van der Waals surface area (Å²) in [5.41, 5.74) is -0.188. The van der Waals surface area contributed by atoms with Crippen LogP contribution in [0.1, 0.15) is 59.2 Å². The summed E-state index contributed by atoms with van der Waals surface area (Å²) in [5, 5.41) is 13.0. The van der Waals surface area contributed by atoms with Crippen molar-refractivity contribution in [1.82, 2.24) is 14.9 Å². The van der Waals surface area contributed by atoms with Crippen molar-refractivity contribution >= 4 is 0 Å². The van der Waals surface area contributed by atoms with Crippen LogP contribution < -0.4 is 5.32 Å². The van der Waals surface area contributed by atoms with Gasteiger partial charge in [0.25, 0.3) is 0 Å². The summed E-state index contributed by atoms with van der Waals surface area (Å²) in [7, 11) is 0. The van der Waals surface area contributed by atoms with Crippen molar-refractivity contribution in [3.05, 3.63) is 18.2 Å². The van der Waals surface area contributed by atoms with Crippen LogP contribution in [-0.2, 0) is 6.54 Å². The topological polar surface area (TPSA) is 50.1 Å². The minimum atomic E-state index is -0.188. The second-order valence-electron chi connectivity index (χ2n) is 6.25. The highest BCUT2D eigenvalue weighted by Crippen LogP contribution is 2.16. The van der Waals surface area contributed by atoms with E-state index in [4.69, 9.17) is 0 Å². The van der Waals surface area contributed by atoms with Crippen molar-refractivity contribution in [2.24, 2.45) is 0 Å². The van der Waals surface area contributed by atoms with Crippen LogP contribution in [0.25, 0.3) is 0 Å². The van der Waals surface area contributed by atoms with Crippen LogP contribution >= 0.6 is 0 Å². The van der Waals surface area contributed by atoms with E-state index < -0.39 is 0 Å². The molecule has 0 aromatic carbocycles. The molecule has 0 aliphatic rings. The van der Waals surface area contributed by atoms with Crippen LogP contribution in [0.5, 0.6) is 0 Å². The summed E-state index contributed by atoms with van der Waals surface area (Å²) in [6, 6.07) is 0.386. The third-order valence-corrected chi connectivity index (χ3v) is 3.38. The van der Waals surface area contributed by atoms with Gasteiger partial charge in [0.1, 0.15) is 5.82 Å². The molecular weight excluding hydrogens is 238 g/mol. The molecule has 2 N–H and O–H groups in total. The summed E-state index contributed by atoms with van der Waals surface area (Å²) in [6.45, 7) is 11.8. The lowest BCUT2D eigenvalue weighted by Gasteiger charge is -2.31. The zero-order chi connectivity index (χ0) is 14.5. The van der Waals surface area contributed by atoms with Crippen molar-refractivity contribution in [1.29, 1.82) is 0 Å². The van der Waals surface area contributed by atoms with Gasteiger partial charge in [-0.1, -0.05) is 27.7 Å². The molecule has 1 aromatic rings. The predicted molar refractivity (Wildman–Crippen MR) is 79.3 cm³/mol. The van der Waals surface area contributed by atoms with E-state index in [9.17, 15) is 5.11 Å². The molecule has 110 valence electrons. The summed E-state index contributed by atoms with van der Waals surface area (Å²) in [5.74, 6) is 1.59. The van der Waals surface area contributed by atoms with Gasteiger partial charge in [0, 0.05) is 36.4 Å². The molecule has 1 atom stereocenters. The molecule has 0 aliphatic heterocycles. The molecule has 0 fully saturated rings. The fourth-order valence-corrected chi connectivity index (χ4v) is 2.54. The largest absolute Gasteiger partial charge is 0.394 e. The lowest BCUT2D eigenvalue weighted by Crippen LogP contribution is -2.49. The molecule has 4 nitrogen and oxygen atoms in total. The van der Waals surface area contributed by atoms with Crippen molar-refractivity contribution in [2.45, 2.75) is 71.5 Å². The molecular formula is C15H29N3O. The number of imidazole rings is 1. The number of aromatic nitrogens is 2. The van der Waals surface area contributed by atoms with Gasteiger partial charge in [-0.05, 0) is 19.8 Å². The Labute approximate surface area is 117 Å². The molecule has 0 spiro atoms. The third kappa shape index (κ3) is 4.96. The second kappa shape index (κ2) is 7.06. The highest BCUT2D eigenvalue weighted by molar-refractivity contribution is 4.97. The first kappa shape index (κ1) is 16.2. The van der Waals surface area contributed by atoms with Crippen LogP contribution in [0.3, 0.4) is 0 Å². The number of aryl methyl sites for hydroxylation is 1. The first-order chi connectivity index (χ1) is 8.88. The number of rotatable bonds is 8. The normalized spacial score (nSPS) is 15.2. The van der Waals surface area contributed by atoms with E-state index in [1.54, 1.807) is 0 Å². The number of hydrogen-bond donors (Lipinski definition) is 2. The number of aliphatic hydroxyl groups is 1. The number of nitrogens with one attached hydrogen (secondary N) is 1. The molecule has 0 radical (unpaired) electrons. The van der Waals surface area contributed by atoms with E-state index in [0.717, 1.165) is 25.2 Å². The Bertz CT molecular complexity index is 373. The Morgan fingerprint density at radius 3 is 2.58 bits per heavy atom. The molecule has 1 aromatic heterocycles. The minimum Gasteiger partial charge on any atom is -0.394 e. The Kier molecular flexibility index (Phi) is 6.01. The highest BCUT2D eigenvalue weighted by atomic mass is 16.3. The van der Waals surface area contributed by atoms with Gasteiger partial charge in [0.05, 0.1) is 6.61 Å². The maximum Gasteiger partial charge on any atom is 0.111 e. The molecule has 1 unspecified atom stereocenters. The van der Waals surface area contributed by atoms with E-state index in [-0.39, 0.29) is 12.1 Å². The predicted octanol–water partition coefficient (Wildman–Crippen LogP) is 2.54. The second-order valence-corrected chi connectivity index (χ2v) is 6.25. The zero-order valence-corrected chi connectivity index (χ0v) is 13.0. The maximum atomic E-state index is 9.55. The molecule has 19 heavy (non-hydrogen) atoms. The van der Waals surface area contributed by atoms with Crippen molar-refractivity contribution in [3.63, 3.8) is 0 Å². The smallest absolute Gasteiger partial charge is 0.111 e. The van der Waals surface area contributed by atoms with Crippen molar-refractivity contribution < 1.29 is 5.11 Å². The molecule has 0 aliphatic carbocycles. The minimum absolute atomic E-state index is 0.173. The SMILES string of the molecule is CC(C)NC(C)(CO)CCCn1ccnc1C(C)C. The van der Waals surface area contributed by atoms with Crippen LogP contribution in [-0.4, -0.2) is 32.8 Å². The molecule has 0 saturated carbocycles. The monoisotopic (exact) mass is 267 g/mol. The van der Waals surface area contributed by atoms with Crippen molar-refractivity contribution in [3.8, 4) is 0 Å². The van der Waals surface area contributed by atoms with Gasteiger partial charge in [0.15, 0.2) is 0 Å². The van der Waals surface area contributed by atoms with Gasteiger partial charge in [-0.25, -0.2) is 4.98 Å². The molecule has 0 bridgehead atoms. The average molecular weight is 267 g/mol. The van der Waals surface area contributed by atoms with Crippen molar-refractivity contribution in [2.75, 3.05) is 6.61 Å². The summed E-state index contributed by atoms with van der Waals surface area (Å²) >= 11 is 0. The van der Waals surface area contributed by atoms with Crippen LogP contribution in [0.2, 0.25) is 0 Å². The number of aliphatic hydroxyl groups excluding tert-OH is 1. The van der Waals surface area contributed by atoms with Gasteiger partial charge in [-0.2, -0.15) is 0 Å².